The maximum absolute atomic E-state index is 9.30. The maximum atomic E-state index is 9.30. The van der Waals surface area contributed by atoms with Gasteiger partial charge in [-0.15, -0.1) is 0 Å². The van der Waals surface area contributed by atoms with E-state index in [9.17, 15) is 5.11 Å². The summed E-state index contributed by atoms with van der Waals surface area (Å²) in [5, 5.41) is 9.30. The first-order valence-electron chi connectivity index (χ1n) is 5.18. The van der Waals surface area contributed by atoms with Gasteiger partial charge in [-0.2, -0.15) is 0 Å². The van der Waals surface area contributed by atoms with Crippen molar-refractivity contribution in [3.05, 3.63) is 29.3 Å². The number of rotatable bonds is 2. The van der Waals surface area contributed by atoms with Crippen LogP contribution >= 0.6 is 0 Å². The molecule has 0 saturated heterocycles. The second kappa shape index (κ2) is 3.62. The van der Waals surface area contributed by atoms with E-state index in [1.165, 1.54) is 16.8 Å². The summed E-state index contributed by atoms with van der Waals surface area (Å²) < 4.78 is 0. The van der Waals surface area contributed by atoms with Gasteiger partial charge in [0.15, 0.2) is 0 Å². The van der Waals surface area contributed by atoms with Crippen LogP contribution in [0.25, 0.3) is 0 Å². The van der Waals surface area contributed by atoms with Gasteiger partial charge in [0.25, 0.3) is 0 Å². The lowest BCUT2D eigenvalue weighted by molar-refractivity contribution is 0.195. The lowest BCUT2D eigenvalue weighted by Gasteiger charge is -2.12. The molecule has 0 spiro atoms. The van der Waals surface area contributed by atoms with Crippen molar-refractivity contribution in [2.45, 2.75) is 25.9 Å². The van der Waals surface area contributed by atoms with E-state index in [0.29, 0.717) is 0 Å². The fourth-order valence-corrected chi connectivity index (χ4v) is 2.09. The van der Waals surface area contributed by atoms with Gasteiger partial charge in [0.05, 0.1) is 6.10 Å². The molecule has 1 aromatic carbocycles. The predicted octanol–water partition coefficient (Wildman–Crippen LogP) is 1.60. The van der Waals surface area contributed by atoms with E-state index in [0.717, 1.165) is 19.4 Å². The first-order valence-corrected chi connectivity index (χ1v) is 5.18. The van der Waals surface area contributed by atoms with Crippen LogP contribution in [-0.4, -0.2) is 24.8 Å². The zero-order chi connectivity index (χ0) is 10.1. The molecule has 0 bridgehead atoms. The van der Waals surface area contributed by atoms with E-state index in [-0.39, 0.29) is 6.10 Å². The van der Waals surface area contributed by atoms with E-state index >= 15 is 0 Å². The molecule has 0 radical (unpaired) electrons. The Morgan fingerprint density at radius 3 is 3.00 bits per heavy atom. The first kappa shape index (κ1) is 9.53. The van der Waals surface area contributed by atoms with Gasteiger partial charge in [-0.05, 0) is 37.0 Å². The number of anilines is 1. The van der Waals surface area contributed by atoms with Gasteiger partial charge in [0.2, 0.25) is 0 Å². The van der Waals surface area contributed by atoms with Crippen LogP contribution in [0.3, 0.4) is 0 Å². The van der Waals surface area contributed by atoms with E-state index in [1.807, 2.05) is 6.92 Å². The minimum absolute atomic E-state index is 0.243. The van der Waals surface area contributed by atoms with Crippen molar-refractivity contribution >= 4 is 5.69 Å². The number of nitrogens with zero attached hydrogens (tertiary/aromatic N) is 1. The summed E-state index contributed by atoms with van der Waals surface area (Å²) in [5.74, 6) is 0. The topological polar surface area (TPSA) is 23.5 Å². The van der Waals surface area contributed by atoms with Gasteiger partial charge in [-0.3, -0.25) is 0 Å². The first-order chi connectivity index (χ1) is 6.66. The van der Waals surface area contributed by atoms with E-state index < -0.39 is 0 Å². The van der Waals surface area contributed by atoms with Crippen molar-refractivity contribution in [3.63, 3.8) is 0 Å². The second-order valence-electron chi connectivity index (χ2n) is 4.19. The molecule has 1 atom stereocenters. The van der Waals surface area contributed by atoms with Crippen molar-refractivity contribution in [3.8, 4) is 0 Å². The summed E-state index contributed by atoms with van der Waals surface area (Å²) in [6, 6.07) is 6.51. The third kappa shape index (κ3) is 1.75. The Bertz CT molecular complexity index is 333. The van der Waals surface area contributed by atoms with Crippen LogP contribution in [0.4, 0.5) is 5.69 Å². The van der Waals surface area contributed by atoms with E-state index in [2.05, 4.69) is 30.1 Å². The van der Waals surface area contributed by atoms with Crippen LogP contribution in [0.5, 0.6) is 0 Å². The quantitative estimate of drug-likeness (QED) is 0.767. The van der Waals surface area contributed by atoms with Gasteiger partial charge >= 0.3 is 0 Å². The molecule has 2 nitrogen and oxygen atoms in total. The number of aliphatic hydroxyl groups is 1. The Morgan fingerprint density at radius 1 is 1.50 bits per heavy atom. The van der Waals surface area contributed by atoms with Crippen LogP contribution in [0.2, 0.25) is 0 Å². The van der Waals surface area contributed by atoms with Gasteiger partial charge in [0, 0.05) is 19.3 Å². The van der Waals surface area contributed by atoms with Gasteiger partial charge in [0.1, 0.15) is 0 Å². The zero-order valence-corrected chi connectivity index (χ0v) is 8.83. The number of hydrogen-bond donors (Lipinski definition) is 1. The summed E-state index contributed by atoms with van der Waals surface area (Å²) in [7, 11) is 2.13. The molecule has 2 rings (SSSR count). The maximum Gasteiger partial charge on any atom is 0.0552 e. The molecule has 1 aromatic rings. The van der Waals surface area contributed by atoms with Gasteiger partial charge in [-0.25, -0.2) is 0 Å². The molecular weight excluding hydrogens is 174 g/mol. The molecule has 0 fully saturated rings. The molecule has 0 aromatic heterocycles. The van der Waals surface area contributed by atoms with E-state index in [4.69, 9.17) is 0 Å². The largest absolute Gasteiger partial charge is 0.393 e. The van der Waals surface area contributed by atoms with Gasteiger partial charge in [-0.1, -0.05) is 12.1 Å². The third-order valence-corrected chi connectivity index (χ3v) is 2.80. The van der Waals surface area contributed by atoms with Crippen LogP contribution < -0.4 is 4.90 Å². The Labute approximate surface area is 85.2 Å². The summed E-state index contributed by atoms with van der Waals surface area (Å²) >= 11 is 0. The molecule has 1 heterocycles. The average Bonchev–Trinajstić information content (AvgIpc) is 2.46. The molecule has 0 amide bonds. The molecule has 1 N–H and O–H groups in total. The zero-order valence-electron chi connectivity index (χ0n) is 8.83. The van der Waals surface area contributed by atoms with Crippen molar-refractivity contribution < 1.29 is 5.11 Å². The molecule has 14 heavy (non-hydrogen) atoms. The average molecular weight is 191 g/mol. The SMILES string of the molecule is C[C@H](O)Cc1ccc2c(c1)CCN2C. The van der Waals surface area contributed by atoms with Crippen LogP contribution in [-0.2, 0) is 12.8 Å². The van der Waals surface area contributed by atoms with Crippen molar-refractivity contribution in [2.24, 2.45) is 0 Å². The Morgan fingerprint density at radius 2 is 2.29 bits per heavy atom. The summed E-state index contributed by atoms with van der Waals surface area (Å²) in [5.41, 5.74) is 4.01. The lowest BCUT2D eigenvalue weighted by Crippen LogP contribution is -2.12. The smallest absolute Gasteiger partial charge is 0.0552 e. The Balaban J connectivity index is 2.24. The standard InChI is InChI=1S/C12H17NO/c1-9(14)7-10-3-4-12-11(8-10)5-6-13(12)2/h3-4,8-9,14H,5-7H2,1-2H3/t9-/m0/s1. The van der Waals surface area contributed by atoms with Crippen molar-refractivity contribution in [1.29, 1.82) is 0 Å². The number of likely N-dealkylation sites (N-methyl/N-ethyl adjacent to an activating group) is 1. The predicted molar refractivity (Wildman–Crippen MR) is 58.8 cm³/mol. The molecule has 1 aliphatic heterocycles. The molecule has 76 valence electrons. The molecule has 0 saturated carbocycles. The summed E-state index contributed by atoms with van der Waals surface area (Å²) in [6.07, 6.45) is 1.66. The molecule has 2 heteroatoms. The highest BCUT2D eigenvalue weighted by Gasteiger charge is 2.15. The number of aliphatic hydroxyl groups excluding tert-OH is 1. The minimum atomic E-state index is -0.243. The third-order valence-electron chi connectivity index (χ3n) is 2.80. The summed E-state index contributed by atoms with van der Waals surface area (Å²) in [6.45, 7) is 2.95. The van der Waals surface area contributed by atoms with Crippen LogP contribution in [0, 0.1) is 0 Å². The highest BCUT2D eigenvalue weighted by Crippen LogP contribution is 2.27. The van der Waals surface area contributed by atoms with Gasteiger partial charge < -0.3 is 10.0 Å². The minimum Gasteiger partial charge on any atom is -0.393 e. The lowest BCUT2D eigenvalue weighted by atomic mass is 10.0. The molecule has 0 aliphatic carbocycles. The van der Waals surface area contributed by atoms with Crippen LogP contribution in [0.1, 0.15) is 18.1 Å². The number of benzene rings is 1. The molecular formula is C12H17NO. The number of fused-ring (bicyclic) bond motifs is 1. The fourth-order valence-electron chi connectivity index (χ4n) is 2.09. The normalized spacial score (nSPS) is 16.9. The Hall–Kier alpha value is -1.02. The van der Waals surface area contributed by atoms with Crippen molar-refractivity contribution in [2.75, 3.05) is 18.5 Å². The monoisotopic (exact) mass is 191 g/mol. The number of hydrogen-bond acceptors (Lipinski definition) is 2. The molecule has 1 aliphatic rings. The fraction of sp³-hybridized carbons (Fsp3) is 0.500. The summed E-state index contributed by atoms with van der Waals surface area (Å²) in [4.78, 5) is 2.28. The second-order valence-corrected chi connectivity index (χ2v) is 4.19. The van der Waals surface area contributed by atoms with E-state index in [1.54, 1.807) is 0 Å². The van der Waals surface area contributed by atoms with Crippen molar-refractivity contribution in [1.82, 2.24) is 0 Å². The molecule has 0 unspecified atom stereocenters. The highest BCUT2D eigenvalue weighted by molar-refractivity contribution is 5.58. The van der Waals surface area contributed by atoms with Crippen LogP contribution in [0.15, 0.2) is 18.2 Å². The Kier molecular flexibility index (Phi) is 2.46. The highest BCUT2D eigenvalue weighted by atomic mass is 16.3.